The lowest BCUT2D eigenvalue weighted by Gasteiger charge is -2.47. The summed E-state index contributed by atoms with van der Waals surface area (Å²) in [5.41, 5.74) is 1.33. The number of amides is 1. The molecule has 2 saturated heterocycles. The molecule has 0 bridgehead atoms. The van der Waals surface area contributed by atoms with Gasteiger partial charge in [0, 0.05) is 50.0 Å². The van der Waals surface area contributed by atoms with Crippen molar-refractivity contribution in [1.29, 1.82) is 0 Å². The maximum atomic E-state index is 14.0. The van der Waals surface area contributed by atoms with Gasteiger partial charge in [0.15, 0.2) is 0 Å². The Morgan fingerprint density at radius 2 is 2.15 bits per heavy atom. The zero-order valence-corrected chi connectivity index (χ0v) is 20.6. The van der Waals surface area contributed by atoms with Crippen LogP contribution in [0.4, 0.5) is 4.39 Å². The number of benzene rings is 1. The molecule has 180 valence electrons. The fourth-order valence-electron chi connectivity index (χ4n) is 4.72. The molecule has 0 aliphatic carbocycles. The van der Waals surface area contributed by atoms with Gasteiger partial charge < -0.3 is 14.4 Å². The van der Waals surface area contributed by atoms with Gasteiger partial charge in [-0.25, -0.2) is 4.39 Å². The standard InChI is InChI=1S/C25H34FN3O3S/c1-18(2)23-27-22(16-33-23)24(30)29-11-13-32-25(17-29)7-9-28(10-8-25)15-19-4-5-21(26)20(14-19)6-12-31-3/h4-6,12,14,18,22H,7-11,13,15-17H2,1-3H3/b12-6+. The van der Waals surface area contributed by atoms with Crippen LogP contribution >= 0.6 is 11.8 Å². The lowest BCUT2D eigenvalue weighted by Crippen LogP contribution is -2.59. The molecule has 3 heterocycles. The van der Waals surface area contributed by atoms with Gasteiger partial charge in [0.2, 0.25) is 5.91 Å². The normalized spacial score (nSPS) is 23.5. The summed E-state index contributed by atoms with van der Waals surface area (Å²) < 4.78 is 25.2. The number of ether oxygens (including phenoxy) is 2. The second kappa shape index (κ2) is 10.6. The number of nitrogens with zero attached hydrogens (tertiary/aromatic N) is 3. The Morgan fingerprint density at radius 1 is 1.36 bits per heavy atom. The van der Waals surface area contributed by atoms with E-state index in [1.54, 1.807) is 24.9 Å². The number of carbonyl (C=O) groups excluding carboxylic acids is 1. The predicted octanol–water partition coefficient (Wildman–Crippen LogP) is 3.81. The fourth-order valence-corrected chi connectivity index (χ4v) is 5.80. The third-order valence-electron chi connectivity index (χ3n) is 6.63. The summed E-state index contributed by atoms with van der Waals surface area (Å²) in [6, 6.07) is 4.98. The van der Waals surface area contributed by atoms with E-state index < -0.39 is 0 Å². The number of morpholine rings is 1. The van der Waals surface area contributed by atoms with Gasteiger partial charge in [-0.2, -0.15) is 0 Å². The molecular formula is C25H34FN3O3S. The van der Waals surface area contributed by atoms with Crippen molar-refractivity contribution in [2.24, 2.45) is 10.9 Å². The summed E-state index contributed by atoms with van der Waals surface area (Å²) in [7, 11) is 1.55. The number of thioether (sulfide) groups is 1. The van der Waals surface area contributed by atoms with Gasteiger partial charge in [-0.3, -0.25) is 14.7 Å². The van der Waals surface area contributed by atoms with Crippen molar-refractivity contribution in [2.75, 3.05) is 45.6 Å². The van der Waals surface area contributed by atoms with Gasteiger partial charge in [-0.1, -0.05) is 19.9 Å². The molecule has 3 aliphatic heterocycles. The molecule has 1 amide bonds. The van der Waals surface area contributed by atoms with Gasteiger partial charge >= 0.3 is 0 Å². The molecule has 1 aromatic carbocycles. The number of halogens is 1. The highest BCUT2D eigenvalue weighted by molar-refractivity contribution is 8.14. The van der Waals surface area contributed by atoms with Crippen LogP contribution in [0.3, 0.4) is 0 Å². The van der Waals surface area contributed by atoms with E-state index in [1.807, 2.05) is 17.0 Å². The maximum absolute atomic E-state index is 14.0. The van der Waals surface area contributed by atoms with Gasteiger partial charge in [0.05, 0.1) is 30.6 Å². The minimum Gasteiger partial charge on any atom is -0.504 e. The molecule has 4 rings (SSSR count). The molecule has 1 unspecified atom stereocenters. The summed E-state index contributed by atoms with van der Waals surface area (Å²) in [6.45, 7) is 8.66. The van der Waals surface area contributed by atoms with E-state index in [1.165, 1.54) is 12.3 Å². The molecular weight excluding hydrogens is 441 g/mol. The second-order valence-corrected chi connectivity index (χ2v) is 10.5. The van der Waals surface area contributed by atoms with Crippen LogP contribution in [0.1, 0.15) is 37.8 Å². The first-order valence-corrected chi connectivity index (χ1v) is 12.7. The van der Waals surface area contributed by atoms with Gasteiger partial charge in [0.25, 0.3) is 0 Å². The molecule has 3 aliphatic rings. The summed E-state index contributed by atoms with van der Waals surface area (Å²) in [6.07, 6.45) is 4.89. The van der Waals surface area contributed by atoms with Crippen molar-refractivity contribution in [1.82, 2.24) is 9.80 Å². The Bertz CT molecular complexity index is 912. The van der Waals surface area contributed by atoms with Crippen LogP contribution < -0.4 is 0 Å². The molecule has 33 heavy (non-hydrogen) atoms. The summed E-state index contributed by atoms with van der Waals surface area (Å²) in [5, 5.41) is 1.09. The van der Waals surface area contributed by atoms with Crippen molar-refractivity contribution in [3.8, 4) is 0 Å². The van der Waals surface area contributed by atoms with Crippen LogP contribution in [-0.2, 0) is 20.8 Å². The Morgan fingerprint density at radius 3 is 2.85 bits per heavy atom. The van der Waals surface area contributed by atoms with E-state index in [-0.39, 0.29) is 23.4 Å². The van der Waals surface area contributed by atoms with Crippen LogP contribution in [0.5, 0.6) is 0 Å². The topological polar surface area (TPSA) is 54.4 Å². The Hall–Kier alpha value is -1.90. The van der Waals surface area contributed by atoms with Gasteiger partial charge in [-0.05, 0) is 36.6 Å². The molecule has 1 aromatic rings. The van der Waals surface area contributed by atoms with E-state index >= 15 is 0 Å². The lowest BCUT2D eigenvalue weighted by molar-refractivity contribution is -0.160. The zero-order chi connectivity index (χ0) is 23.4. The smallest absolute Gasteiger partial charge is 0.248 e. The molecule has 2 fully saturated rings. The number of aliphatic imine (C=N–C) groups is 1. The van der Waals surface area contributed by atoms with E-state index in [2.05, 4.69) is 23.7 Å². The monoisotopic (exact) mass is 475 g/mol. The van der Waals surface area contributed by atoms with Crippen molar-refractivity contribution in [2.45, 2.75) is 44.9 Å². The second-order valence-electron chi connectivity index (χ2n) is 9.41. The molecule has 0 aromatic heterocycles. The number of hydrogen-bond acceptors (Lipinski definition) is 6. The van der Waals surface area contributed by atoms with E-state index in [0.717, 1.165) is 48.8 Å². The summed E-state index contributed by atoms with van der Waals surface area (Å²) >= 11 is 1.72. The highest BCUT2D eigenvalue weighted by atomic mass is 32.2. The van der Waals surface area contributed by atoms with Crippen molar-refractivity contribution < 1.29 is 18.7 Å². The molecule has 1 spiro atoms. The van der Waals surface area contributed by atoms with Crippen molar-refractivity contribution in [3.63, 3.8) is 0 Å². The maximum Gasteiger partial charge on any atom is 0.248 e. The van der Waals surface area contributed by atoms with E-state index in [0.29, 0.717) is 31.2 Å². The fraction of sp³-hybridized carbons (Fsp3) is 0.600. The molecule has 6 nitrogen and oxygen atoms in total. The number of methoxy groups -OCH3 is 1. The van der Waals surface area contributed by atoms with Gasteiger partial charge in [-0.15, -0.1) is 11.8 Å². The number of likely N-dealkylation sites (tertiary alicyclic amines) is 1. The molecule has 8 heteroatoms. The Balaban J connectivity index is 1.33. The third-order valence-corrected chi connectivity index (χ3v) is 7.98. The molecule has 0 N–H and O–H groups in total. The van der Waals surface area contributed by atoms with Crippen LogP contribution in [0, 0.1) is 11.7 Å². The molecule has 0 saturated carbocycles. The van der Waals surface area contributed by atoms with E-state index in [9.17, 15) is 9.18 Å². The average molecular weight is 476 g/mol. The Kier molecular flexibility index (Phi) is 7.76. The third kappa shape index (κ3) is 5.78. The Labute approximate surface area is 200 Å². The minimum absolute atomic E-state index is 0.145. The number of rotatable bonds is 6. The van der Waals surface area contributed by atoms with Crippen LogP contribution in [-0.4, -0.2) is 78.0 Å². The van der Waals surface area contributed by atoms with Crippen LogP contribution in [0.2, 0.25) is 0 Å². The first-order valence-electron chi connectivity index (χ1n) is 11.7. The molecule has 1 atom stereocenters. The SMILES string of the molecule is CO/C=C/c1cc(CN2CCC3(CC2)CN(C(=O)C2CSC(C(C)C)=N2)CCO3)ccc1F. The van der Waals surface area contributed by atoms with Crippen molar-refractivity contribution >= 4 is 28.8 Å². The summed E-state index contributed by atoms with van der Waals surface area (Å²) in [4.78, 5) is 22.2. The molecule has 0 radical (unpaired) electrons. The largest absolute Gasteiger partial charge is 0.504 e. The van der Waals surface area contributed by atoms with Crippen LogP contribution in [0.15, 0.2) is 29.5 Å². The highest BCUT2D eigenvalue weighted by Crippen LogP contribution is 2.32. The van der Waals surface area contributed by atoms with Gasteiger partial charge in [0.1, 0.15) is 11.9 Å². The van der Waals surface area contributed by atoms with Crippen LogP contribution in [0.25, 0.3) is 6.08 Å². The highest BCUT2D eigenvalue weighted by Gasteiger charge is 2.42. The summed E-state index contributed by atoms with van der Waals surface area (Å²) in [5.74, 6) is 1.02. The van der Waals surface area contributed by atoms with E-state index in [4.69, 9.17) is 9.47 Å². The number of piperidine rings is 1. The first-order chi connectivity index (χ1) is 15.9. The minimum atomic E-state index is -0.268. The zero-order valence-electron chi connectivity index (χ0n) is 19.8. The first kappa shape index (κ1) is 24.2. The quantitative estimate of drug-likeness (QED) is 0.586. The van der Waals surface area contributed by atoms with Crippen molar-refractivity contribution in [3.05, 3.63) is 41.4 Å². The number of carbonyl (C=O) groups is 1. The average Bonchev–Trinajstić information content (AvgIpc) is 3.31. The number of hydrogen-bond donors (Lipinski definition) is 0. The lowest BCUT2D eigenvalue weighted by atomic mass is 9.89. The predicted molar refractivity (Wildman–Crippen MR) is 131 cm³/mol.